The molecule has 1 heterocycles. The first-order valence-electron chi connectivity index (χ1n) is 5.26. The maximum absolute atomic E-state index is 12.0. The normalized spacial score (nSPS) is 34.9. The molecule has 7 heteroatoms. The molecular formula is C10H18NO5S. The largest absolute Gasteiger partial charge is 0.393 e. The van der Waals surface area contributed by atoms with Gasteiger partial charge in [-0.05, 0) is 18.4 Å². The second-order valence-electron chi connectivity index (χ2n) is 3.99. The van der Waals surface area contributed by atoms with Crippen LogP contribution in [0.3, 0.4) is 0 Å². The first-order chi connectivity index (χ1) is 7.99. The number of carbonyl (C=O) groups excluding carboxylic acids is 1. The van der Waals surface area contributed by atoms with Crippen LogP contribution in [-0.2, 0) is 9.53 Å². The molecule has 17 heavy (non-hydrogen) atoms. The molecule has 1 radical (unpaired) electrons. The van der Waals surface area contributed by atoms with Crippen molar-refractivity contribution in [2.24, 2.45) is 5.73 Å². The summed E-state index contributed by atoms with van der Waals surface area (Å²) < 4.78 is 4.97. The molecule has 1 aliphatic rings. The first kappa shape index (κ1) is 14.9. The lowest BCUT2D eigenvalue weighted by Crippen LogP contribution is -2.58. The lowest BCUT2D eigenvalue weighted by molar-refractivity contribution is -0.153. The predicted octanol–water partition coefficient (Wildman–Crippen LogP) is -1.72. The molecule has 4 atom stereocenters. The fourth-order valence-electron chi connectivity index (χ4n) is 1.71. The van der Waals surface area contributed by atoms with Gasteiger partial charge in [-0.2, -0.15) is 11.8 Å². The van der Waals surface area contributed by atoms with Gasteiger partial charge >= 0.3 is 0 Å². The van der Waals surface area contributed by atoms with E-state index >= 15 is 0 Å². The molecule has 0 aromatic heterocycles. The van der Waals surface area contributed by atoms with Crippen molar-refractivity contribution in [3.8, 4) is 0 Å². The van der Waals surface area contributed by atoms with Crippen molar-refractivity contribution >= 4 is 17.5 Å². The molecule has 0 aromatic carbocycles. The molecule has 5 N–H and O–H groups in total. The Morgan fingerprint density at radius 3 is 2.71 bits per heavy atom. The van der Waals surface area contributed by atoms with Crippen molar-refractivity contribution < 1.29 is 24.9 Å². The number of aliphatic hydroxyl groups is 3. The van der Waals surface area contributed by atoms with E-state index in [2.05, 4.69) is 0 Å². The van der Waals surface area contributed by atoms with E-state index in [9.17, 15) is 20.1 Å². The minimum absolute atomic E-state index is 0.425. The Morgan fingerprint density at radius 1 is 1.65 bits per heavy atom. The maximum atomic E-state index is 12.0. The third-order valence-corrected chi connectivity index (χ3v) is 3.48. The van der Waals surface area contributed by atoms with E-state index in [1.807, 2.05) is 6.26 Å². The van der Waals surface area contributed by atoms with Gasteiger partial charge in [-0.25, -0.2) is 0 Å². The number of thioether (sulfide) groups is 1. The highest BCUT2D eigenvalue weighted by Gasteiger charge is 2.55. The molecule has 1 saturated heterocycles. The molecule has 1 rings (SSSR count). The van der Waals surface area contributed by atoms with Crippen LogP contribution in [0.15, 0.2) is 0 Å². The predicted molar refractivity (Wildman–Crippen MR) is 63.2 cm³/mol. The zero-order valence-corrected chi connectivity index (χ0v) is 10.4. The van der Waals surface area contributed by atoms with Crippen molar-refractivity contribution in [1.29, 1.82) is 0 Å². The lowest BCUT2D eigenvalue weighted by atomic mass is 9.87. The Bertz CT molecular complexity index is 277. The first-order valence-corrected chi connectivity index (χ1v) is 6.66. The number of nitrogens with two attached hydrogens (primary N) is 1. The highest BCUT2D eigenvalue weighted by Crippen LogP contribution is 2.31. The van der Waals surface area contributed by atoms with Gasteiger partial charge in [0.05, 0.1) is 12.6 Å². The Morgan fingerprint density at radius 2 is 2.29 bits per heavy atom. The molecule has 0 aromatic rings. The fraction of sp³-hybridized carbons (Fsp3) is 0.800. The third-order valence-electron chi connectivity index (χ3n) is 2.84. The molecule has 0 amide bonds. The number of ketones is 1. The smallest absolute Gasteiger partial charge is 0.186 e. The van der Waals surface area contributed by atoms with Gasteiger partial charge < -0.3 is 25.8 Å². The van der Waals surface area contributed by atoms with Gasteiger partial charge in [0.2, 0.25) is 0 Å². The molecule has 0 unspecified atom stereocenters. The molecule has 0 spiro atoms. The summed E-state index contributed by atoms with van der Waals surface area (Å²) in [6.07, 6.45) is -0.468. The van der Waals surface area contributed by atoms with Gasteiger partial charge in [-0.1, -0.05) is 0 Å². The Kier molecular flexibility index (Phi) is 5.36. The molecule has 0 aliphatic carbocycles. The summed E-state index contributed by atoms with van der Waals surface area (Å²) in [7, 11) is 0. The van der Waals surface area contributed by atoms with Crippen LogP contribution in [0, 0.1) is 6.61 Å². The molecular weight excluding hydrogens is 246 g/mol. The van der Waals surface area contributed by atoms with Gasteiger partial charge in [0, 0.05) is 0 Å². The van der Waals surface area contributed by atoms with Gasteiger partial charge in [0.1, 0.15) is 18.8 Å². The number of aliphatic hydroxyl groups excluding tert-OH is 3. The minimum Gasteiger partial charge on any atom is -0.393 e. The van der Waals surface area contributed by atoms with Crippen molar-refractivity contribution in [1.82, 2.24) is 0 Å². The highest BCUT2D eigenvalue weighted by atomic mass is 32.2. The second-order valence-corrected chi connectivity index (χ2v) is 4.97. The van der Waals surface area contributed by atoms with Crippen molar-refractivity contribution in [3.05, 3.63) is 6.61 Å². The fourth-order valence-corrected chi connectivity index (χ4v) is 2.20. The van der Waals surface area contributed by atoms with Crippen molar-refractivity contribution in [2.75, 3.05) is 18.6 Å². The molecule has 0 saturated carbocycles. The number of Topliss-reactive ketones (excluding diaryl/α,β-unsaturated/α-hetero) is 1. The van der Waals surface area contributed by atoms with Crippen molar-refractivity contribution in [2.45, 2.75) is 30.3 Å². The molecule has 1 aliphatic heterocycles. The molecule has 99 valence electrons. The van der Waals surface area contributed by atoms with Gasteiger partial charge in [0.15, 0.2) is 11.4 Å². The van der Waals surface area contributed by atoms with Crippen LogP contribution in [0.25, 0.3) is 0 Å². The summed E-state index contributed by atoms with van der Waals surface area (Å²) in [6.45, 7) is 0.230. The van der Waals surface area contributed by atoms with E-state index in [1.54, 1.807) is 11.8 Å². The van der Waals surface area contributed by atoms with Crippen LogP contribution in [0.2, 0.25) is 0 Å². The van der Waals surface area contributed by atoms with Gasteiger partial charge in [-0.15, -0.1) is 0 Å². The SMILES string of the molecule is CSCC[C@H](N)C(=O)[C@]1(CO)O[CH][C@H](O)[C@@H]1O. The van der Waals surface area contributed by atoms with Gasteiger partial charge in [-0.3, -0.25) is 4.79 Å². The topological polar surface area (TPSA) is 113 Å². The zero-order valence-electron chi connectivity index (χ0n) is 9.57. The van der Waals surface area contributed by atoms with E-state index in [0.29, 0.717) is 12.2 Å². The van der Waals surface area contributed by atoms with Crippen LogP contribution in [0.5, 0.6) is 0 Å². The average Bonchev–Trinajstić information content (AvgIpc) is 2.63. The third kappa shape index (κ3) is 2.81. The number of hydrogen-bond acceptors (Lipinski definition) is 7. The van der Waals surface area contributed by atoms with Gasteiger partial charge in [0.25, 0.3) is 0 Å². The number of hydrogen-bond donors (Lipinski definition) is 4. The summed E-state index contributed by atoms with van der Waals surface area (Å²) >= 11 is 1.54. The molecule has 1 fully saturated rings. The maximum Gasteiger partial charge on any atom is 0.186 e. The van der Waals surface area contributed by atoms with Crippen LogP contribution < -0.4 is 5.73 Å². The Hall–Kier alpha value is -0.180. The van der Waals surface area contributed by atoms with Crippen LogP contribution >= 0.6 is 11.8 Å². The summed E-state index contributed by atoms with van der Waals surface area (Å²) in [4.78, 5) is 12.0. The zero-order chi connectivity index (χ0) is 13.1. The Labute approximate surface area is 104 Å². The van der Waals surface area contributed by atoms with Crippen molar-refractivity contribution in [3.63, 3.8) is 0 Å². The van der Waals surface area contributed by atoms with E-state index in [4.69, 9.17) is 10.5 Å². The molecule has 0 bridgehead atoms. The summed E-state index contributed by atoms with van der Waals surface area (Å²) in [5.41, 5.74) is 3.87. The quantitative estimate of drug-likeness (QED) is 0.451. The minimum atomic E-state index is -1.82. The second kappa shape index (κ2) is 6.12. The number of rotatable bonds is 6. The highest BCUT2D eigenvalue weighted by molar-refractivity contribution is 7.98. The number of carbonyl (C=O) groups is 1. The molecule has 6 nitrogen and oxygen atoms in total. The van der Waals surface area contributed by atoms with E-state index in [0.717, 1.165) is 6.61 Å². The summed E-state index contributed by atoms with van der Waals surface area (Å²) in [5.74, 6) is 0.103. The summed E-state index contributed by atoms with van der Waals surface area (Å²) in [6, 6.07) is -0.831. The summed E-state index contributed by atoms with van der Waals surface area (Å²) in [5, 5.41) is 28.3. The standard InChI is InChI=1S/C10H18NO5S/c1-17-3-2-6(11)8(14)10(5-12)9(15)7(13)4-16-10/h4,6-7,9,12-13,15H,2-3,5,11H2,1H3/t6-,7-,9-,10-/m0/s1. The van der Waals surface area contributed by atoms with E-state index < -0.39 is 36.2 Å². The lowest BCUT2D eigenvalue weighted by Gasteiger charge is -2.30. The van der Waals surface area contributed by atoms with E-state index in [-0.39, 0.29) is 0 Å². The Balaban J connectivity index is 2.76. The van der Waals surface area contributed by atoms with Crippen LogP contribution in [0.4, 0.5) is 0 Å². The van der Waals surface area contributed by atoms with Crippen LogP contribution in [0.1, 0.15) is 6.42 Å². The van der Waals surface area contributed by atoms with E-state index in [1.165, 1.54) is 0 Å². The van der Waals surface area contributed by atoms with Crippen LogP contribution in [-0.4, -0.2) is 63.6 Å². The monoisotopic (exact) mass is 264 g/mol. The average molecular weight is 264 g/mol. The number of ether oxygens (including phenoxy) is 1.